The van der Waals surface area contributed by atoms with Crippen molar-refractivity contribution in [2.24, 2.45) is 11.7 Å². The van der Waals surface area contributed by atoms with Crippen LogP contribution in [0.25, 0.3) is 0 Å². The summed E-state index contributed by atoms with van der Waals surface area (Å²) in [5, 5.41) is 15.8. The second-order valence-electron chi connectivity index (χ2n) is 6.87. The minimum Gasteiger partial charge on any atom is -0.478 e. The summed E-state index contributed by atoms with van der Waals surface area (Å²) in [5.74, 6) is -2.88. The summed E-state index contributed by atoms with van der Waals surface area (Å²) in [6, 6.07) is 15.7. The van der Waals surface area contributed by atoms with Crippen LogP contribution in [-0.2, 0) is 20.8 Å². The lowest BCUT2D eigenvalue weighted by Crippen LogP contribution is -2.61. The number of hydrogen-bond donors (Lipinski definition) is 5. The zero-order valence-electron chi connectivity index (χ0n) is 16.2. The van der Waals surface area contributed by atoms with E-state index >= 15 is 0 Å². The first-order valence-corrected chi connectivity index (χ1v) is 10.3. The first-order valence-electron chi connectivity index (χ1n) is 9.28. The van der Waals surface area contributed by atoms with Crippen LogP contribution < -0.4 is 16.4 Å². The molecule has 30 heavy (non-hydrogen) atoms. The number of thiol groups is 1. The van der Waals surface area contributed by atoms with E-state index in [4.69, 9.17) is 17.3 Å². The Kier molecular flexibility index (Phi) is 8.56. The monoisotopic (exact) mass is 449 g/mol. The van der Waals surface area contributed by atoms with Crippen LogP contribution in [0, 0.1) is 5.92 Å². The Morgan fingerprint density at radius 3 is 2.27 bits per heavy atom. The normalized spacial score (nSPS) is 13.7. The van der Waals surface area contributed by atoms with Gasteiger partial charge in [0.15, 0.2) is 0 Å². The molecule has 0 bridgehead atoms. The van der Waals surface area contributed by atoms with Gasteiger partial charge in [0, 0.05) is 29.3 Å². The van der Waals surface area contributed by atoms with E-state index in [1.807, 2.05) is 30.3 Å². The van der Waals surface area contributed by atoms with Gasteiger partial charge in [0.1, 0.15) is 0 Å². The molecular formula is C21H24ClN3O4S. The number of carbonyl (C=O) groups excluding carboxylic acids is 2. The molecule has 2 aromatic rings. The van der Waals surface area contributed by atoms with Crippen LogP contribution in [-0.4, -0.2) is 34.3 Å². The molecule has 0 aromatic heterocycles. The van der Waals surface area contributed by atoms with Crippen molar-refractivity contribution in [2.45, 2.75) is 24.9 Å². The molecular weight excluding hydrogens is 426 g/mol. The molecule has 0 spiro atoms. The number of halogens is 1. The predicted molar refractivity (Wildman–Crippen MR) is 120 cm³/mol. The Balaban J connectivity index is 2.28. The molecule has 9 heteroatoms. The number of carboxylic acids is 1. The fourth-order valence-corrected chi connectivity index (χ4v) is 3.33. The van der Waals surface area contributed by atoms with Crippen molar-refractivity contribution >= 4 is 47.7 Å². The number of benzene rings is 2. The summed E-state index contributed by atoms with van der Waals surface area (Å²) < 4.78 is 0. The molecule has 0 heterocycles. The predicted octanol–water partition coefficient (Wildman–Crippen LogP) is 2.70. The summed E-state index contributed by atoms with van der Waals surface area (Å²) in [6.07, 6.45) is -0.0866. The van der Waals surface area contributed by atoms with E-state index in [-0.39, 0.29) is 18.6 Å². The van der Waals surface area contributed by atoms with Crippen molar-refractivity contribution in [3.63, 3.8) is 0 Å². The lowest BCUT2D eigenvalue weighted by atomic mass is 9.97. The zero-order chi connectivity index (χ0) is 22.1. The maximum absolute atomic E-state index is 13.0. The van der Waals surface area contributed by atoms with Gasteiger partial charge in [-0.3, -0.25) is 9.59 Å². The summed E-state index contributed by atoms with van der Waals surface area (Å²) >= 11 is 10.2. The van der Waals surface area contributed by atoms with Crippen LogP contribution in [0.1, 0.15) is 18.4 Å². The molecule has 0 radical (unpaired) electrons. The zero-order valence-corrected chi connectivity index (χ0v) is 17.8. The molecule has 2 aromatic carbocycles. The van der Waals surface area contributed by atoms with Crippen LogP contribution in [0.15, 0.2) is 54.6 Å². The fourth-order valence-electron chi connectivity index (χ4n) is 2.91. The highest BCUT2D eigenvalue weighted by molar-refractivity contribution is 7.80. The van der Waals surface area contributed by atoms with Gasteiger partial charge in [0.2, 0.25) is 17.5 Å². The quantitative estimate of drug-likeness (QED) is 0.267. The second-order valence-corrected chi connectivity index (χ2v) is 7.67. The molecule has 0 fully saturated rings. The van der Waals surface area contributed by atoms with E-state index in [0.717, 1.165) is 5.56 Å². The Hall–Kier alpha value is -2.71. The molecule has 1 unspecified atom stereocenters. The minimum absolute atomic E-state index is 0.215. The number of primary amides is 1. The van der Waals surface area contributed by atoms with E-state index < -0.39 is 29.4 Å². The molecule has 0 aliphatic rings. The summed E-state index contributed by atoms with van der Waals surface area (Å²) in [7, 11) is 0. The second kappa shape index (κ2) is 10.9. The van der Waals surface area contributed by atoms with Gasteiger partial charge in [-0.2, -0.15) is 12.6 Å². The molecule has 5 N–H and O–H groups in total. The third kappa shape index (κ3) is 6.67. The van der Waals surface area contributed by atoms with Crippen LogP contribution in [0.4, 0.5) is 5.69 Å². The summed E-state index contributed by atoms with van der Waals surface area (Å²) in [5.41, 5.74) is 4.64. The standard InChI is InChI=1S/C21H24ClN3O4S/c22-16-6-8-17(9-7-16)24-21(20(28)29,11-10-18(23)26)25-19(27)15(13-30)12-14-4-2-1-3-5-14/h1-9,15,24,30H,10-13H2,(H2,23,26)(H,25,27)(H,28,29)/t15?,21-/m0/s1. The Morgan fingerprint density at radius 1 is 1.10 bits per heavy atom. The number of amides is 2. The maximum Gasteiger partial charge on any atom is 0.350 e. The lowest BCUT2D eigenvalue weighted by Gasteiger charge is -2.33. The third-order valence-electron chi connectivity index (χ3n) is 4.57. The Bertz CT molecular complexity index is 880. The van der Waals surface area contributed by atoms with Crippen molar-refractivity contribution in [1.29, 1.82) is 0 Å². The largest absolute Gasteiger partial charge is 0.478 e. The van der Waals surface area contributed by atoms with Crippen molar-refractivity contribution < 1.29 is 19.5 Å². The van der Waals surface area contributed by atoms with Crippen LogP contribution in [0.3, 0.4) is 0 Å². The van der Waals surface area contributed by atoms with Gasteiger partial charge in [-0.25, -0.2) is 4.79 Å². The van der Waals surface area contributed by atoms with Crippen LogP contribution in [0.5, 0.6) is 0 Å². The van der Waals surface area contributed by atoms with E-state index in [0.29, 0.717) is 17.1 Å². The number of aliphatic carboxylic acids is 1. The molecule has 2 rings (SSSR count). The van der Waals surface area contributed by atoms with Crippen LogP contribution >= 0.6 is 24.2 Å². The number of carbonyl (C=O) groups is 3. The topological polar surface area (TPSA) is 122 Å². The smallest absolute Gasteiger partial charge is 0.350 e. The van der Waals surface area contributed by atoms with Crippen LogP contribution in [0.2, 0.25) is 5.02 Å². The van der Waals surface area contributed by atoms with Gasteiger partial charge in [0.25, 0.3) is 0 Å². The highest BCUT2D eigenvalue weighted by Gasteiger charge is 2.41. The van der Waals surface area contributed by atoms with Gasteiger partial charge < -0.3 is 21.5 Å². The minimum atomic E-state index is -1.93. The van der Waals surface area contributed by atoms with Gasteiger partial charge in [-0.15, -0.1) is 0 Å². The van der Waals surface area contributed by atoms with Crippen molar-refractivity contribution in [3.8, 4) is 0 Å². The number of carboxylic acid groups (broad SMARTS) is 1. The molecule has 0 aliphatic heterocycles. The number of nitrogens with two attached hydrogens (primary N) is 1. The molecule has 2 amide bonds. The van der Waals surface area contributed by atoms with E-state index in [9.17, 15) is 19.5 Å². The number of hydrogen-bond acceptors (Lipinski definition) is 5. The molecule has 2 atom stereocenters. The number of rotatable bonds is 11. The van der Waals surface area contributed by atoms with Gasteiger partial charge in [-0.1, -0.05) is 41.9 Å². The highest BCUT2D eigenvalue weighted by Crippen LogP contribution is 2.22. The Morgan fingerprint density at radius 2 is 1.73 bits per heavy atom. The van der Waals surface area contributed by atoms with Crippen molar-refractivity contribution in [1.82, 2.24) is 5.32 Å². The molecule has 0 saturated carbocycles. The van der Waals surface area contributed by atoms with E-state index in [2.05, 4.69) is 23.3 Å². The highest BCUT2D eigenvalue weighted by atomic mass is 35.5. The lowest BCUT2D eigenvalue weighted by molar-refractivity contribution is -0.147. The van der Waals surface area contributed by atoms with E-state index in [1.165, 1.54) is 0 Å². The average molecular weight is 450 g/mol. The first kappa shape index (κ1) is 23.6. The Labute approximate surface area is 185 Å². The molecule has 0 aliphatic carbocycles. The first-order chi connectivity index (χ1) is 14.3. The van der Waals surface area contributed by atoms with Gasteiger partial charge in [-0.05, 0) is 36.2 Å². The SMILES string of the molecule is NC(=O)CC[C@@](NC(=O)C(CS)Cc1ccccc1)(Nc1ccc(Cl)cc1)C(=O)O. The number of nitrogens with one attached hydrogen (secondary N) is 2. The summed E-state index contributed by atoms with van der Waals surface area (Å²) in [4.78, 5) is 36.6. The van der Waals surface area contributed by atoms with Gasteiger partial charge >= 0.3 is 5.97 Å². The van der Waals surface area contributed by atoms with Gasteiger partial charge in [0.05, 0.1) is 5.92 Å². The number of anilines is 1. The van der Waals surface area contributed by atoms with E-state index in [1.54, 1.807) is 24.3 Å². The molecule has 7 nitrogen and oxygen atoms in total. The van der Waals surface area contributed by atoms with Crippen molar-refractivity contribution in [3.05, 3.63) is 65.2 Å². The summed E-state index contributed by atoms with van der Waals surface area (Å²) in [6.45, 7) is 0. The average Bonchev–Trinajstić information content (AvgIpc) is 2.72. The molecule has 160 valence electrons. The fraction of sp³-hybridized carbons (Fsp3) is 0.286. The molecule has 0 saturated heterocycles. The maximum atomic E-state index is 13.0. The van der Waals surface area contributed by atoms with Crippen molar-refractivity contribution in [2.75, 3.05) is 11.1 Å². The third-order valence-corrected chi connectivity index (χ3v) is 5.26.